The topological polar surface area (TPSA) is 135 Å². The van der Waals surface area contributed by atoms with Crippen LogP contribution in [0, 0.1) is 0 Å². The van der Waals surface area contributed by atoms with E-state index in [0.717, 1.165) is 22.3 Å². The normalized spacial score (nSPS) is 11.5. The van der Waals surface area contributed by atoms with Crippen molar-refractivity contribution in [2.75, 3.05) is 52.4 Å². The van der Waals surface area contributed by atoms with Gasteiger partial charge in [0.1, 0.15) is 0 Å². The summed E-state index contributed by atoms with van der Waals surface area (Å²) in [7, 11) is 0. The molecule has 8 bridgehead atoms. The third kappa shape index (κ3) is 11.0. The first-order valence-corrected chi connectivity index (χ1v) is 26.6. The van der Waals surface area contributed by atoms with Gasteiger partial charge in [-0.05, 0) is 173 Å². The van der Waals surface area contributed by atoms with E-state index in [9.17, 15) is 19.2 Å². The number of nitrogens with zero attached hydrogens (tertiary/aromatic N) is 8. The van der Waals surface area contributed by atoms with Gasteiger partial charge in [-0.15, -0.1) is 22.1 Å². The molecule has 77 heavy (non-hydrogen) atoms. The van der Waals surface area contributed by atoms with Crippen molar-refractivity contribution in [1.29, 1.82) is 0 Å². The summed E-state index contributed by atoms with van der Waals surface area (Å²) in [5.74, 6) is -0.307. The second-order valence-corrected chi connectivity index (χ2v) is 18.6. The molecule has 2 aliphatic rings. The zero-order chi connectivity index (χ0) is 53.6. The maximum absolute atomic E-state index is 14.0. The number of hydrogen-bond donors (Lipinski definition) is 0. The van der Waals surface area contributed by atoms with Crippen LogP contribution < -0.4 is 9.97 Å². The standard InChI is InChI=1S/C64H64N8O4.Cu/c1-9-69(10-2)61(73)45-25-17-21-41(37-45)57-49-29-31-51(65-49)58(42-22-18-26-46(38-42)62(74)70(11-3)12-4)53-33-35-55(67-53)60(44-24-20-28-48(40-44)64(76)72(15-7)16-8)56-36-34-54(68-56)59(52-32-30-50(57)66-52)43-23-19-27-47(39-43)63(75)71(13-5)14-6;/h17-40H,9-16H2,1-8H3;/q-2;+2. The zero-order valence-corrected chi connectivity index (χ0v) is 46.0. The van der Waals surface area contributed by atoms with Crippen LogP contribution in [0.1, 0.15) is 120 Å². The van der Waals surface area contributed by atoms with Gasteiger partial charge < -0.3 is 29.6 Å². The Morgan fingerprint density at radius 3 is 0.740 bits per heavy atom. The van der Waals surface area contributed by atoms with Gasteiger partial charge in [0.2, 0.25) is 0 Å². The number of benzene rings is 4. The van der Waals surface area contributed by atoms with Gasteiger partial charge in [0.05, 0.1) is 22.8 Å². The van der Waals surface area contributed by atoms with Crippen molar-refractivity contribution in [3.05, 3.63) is 166 Å². The molecule has 0 saturated heterocycles. The molecule has 0 spiro atoms. The van der Waals surface area contributed by atoms with Crippen LogP contribution >= 0.6 is 0 Å². The summed E-state index contributed by atoms with van der Waals surface area (Å²) in [6.07, 6.45) is 7.88. The molecule has 5 heterocycles. The number of rotatable bonds is 16. The second-order valence-electron chi connectivity index (χ2n) is 18.6. The molecule has 2 aliphatic heterocycles. The Kier molecular flexibility index (Phi) is 17.4. The SMILES string of the molecule is CCN(CC)C(=O)c1cccc(-c2c3nc(c(-c4cccc(C(=O)N(CC)CC)c4)c4ccc([n-]4)c(-c4cccc(C(=O)N(CC)CC)c4)c4nc(c(-c5cccc(C(=O)N(CC)CC)c5)c5ccc2[n-]5)C=C4)C=C3)c1.[Cu+2]. The van der Waals surface area contributed by atoms with Gasteiger partial charge in [-0.3, -0.25) is 19.2 Å². The van der Waals surface area contributed by atoms with Crippen LogP contribution in [0.4, 0.5) is 0 Å². The minimum atomic E-state index is -0.0768. The molecule has 0 saturated carbocycles. The molecule has 0 fully saturated rings. The Morgan fingerprint density at radius 2 is 0.545 bits per heavy atom. The Hall–Kier alpha value is -8.12. The van der Waals surface area contributed by atoms with Gasteiger partial charge in [-0.25, -0.2) is 9.97 Å². The monoisotopic (exact) mass is 1070 g/mol. The predicted octanol–water partition coefficient (Wildman–Crippen LogP) is 12.5. The predicted molar refractivity (Wildman–Crippen MR) is 308 cm³/mol. The Balaban J connectivity index is 0.00000784. The summed E-state index contributed by atoms with van der Waals surface area (Å²) in [4.78, 5) is 84.8. The van der Waals surface area contributed by atoms with Crippen molar-refractivity contribution in [2.24, 2.45) is 0 Å². The molecule has 9 rings (SSSR count). The van der Waals surface area contributed by atoms with Gasteiger partial charge in [0.15, 0.2) is 0 Å². The average molecular weight is 1070 g/mol. The van der Waals surface area contributed by atoms with Crippen molar-refractivity contribution < 1.29 is 36.2 Å². The van der Waals surface area contributed by atoms with Crippen molar-refractivity contribution in [3.8, 4) is 44.5 Å². The van der Waals surface area contributed by atoms with Gasteiger partial charge in [0.25, 0.3) is 23.6 Å². The first kappa shape index (κ1) is 55.1. The van der Waals surface area contributed by atoms with E-state index in [1.54, 1.807) is 19.6 Å². The maximum atomic E-state index is 14.0. The molecule has 0 atom stereocenters. The maximum Gasteiger partial charge on any atom is 2.00 e. The first-order chi connectivity index (χ1) is 37.0. The molecule has 13 heteroatoms. The summed E-state index contributed by atoms with van der Waals surface area (Å²) in [6.45, 7) is 20.3. The third-order valence-electron chi connectivity index (χ3n) is 14.4. The van der Waals surface area contributed by atoms with Gasteiger partial charge in [-0.1, -0.05) is 72.8 Å². The third-order valence-corrected chi connectivity index (χ3v) is 14.4. The summed E-state index contributed by atoms with van der Waals surface area (Å²) < 4.78 is 0. The number of amides is 4. The van der Waals surface area contributed by atoms with Gasteiger partial charge >= 0.3 is 17.1 Å². The fraction of sp³-hybridized carbons (Fsp3) is 0.250. The molecule has 1 radical (unpaired) electrons. The van der Waals surface area contributed by atoms with E-state index in [1.807, 2.05) is 201 Å². The van der Waals surface area contributed by atoms with Crippen LogP contribution in [0.15, 0.2) is 121 Å². The molecule has 0 unspecified atom stereocenters. The van der Waals surface area contributed by atoms with E-state index < -0.39 is 0 Å². The fourth-order valence-electron chi connectivity index (χ4n) is 10.3. The van der Waals surface area contributed by atoms with Crippen LogP contribution in [0.25, 0.3) is 90.9 Å². The number of fused-ring (bicyclic) bond motifs is 8. The van der Waals surface area contributed by atoms with E-state index in [4.69, 9.17) is 19.9 Å². The fourth-order valence-corrected chi connectivity index (χ4v) is 10.3. The van der Waals surface area contributed by atoms with E-state index in [-0.39, 0.29) is 40.7 Å². The number of hydrogen-bond acceptors (Lipinski definition) is 6. The molecule has 0 N–H and O–H groups in total. The zero-order valence-electron chi connectivity index (χ0n) is 45.0. The summed E-state index contributed by atoms with van der Waals surface area (Å²) in [5.41, 5.74) is 12.9. The van der Waals surface area contributed by atoms with Crippen molar-refractivity contribution in [3.63, 3.8) is 0 Å². The van der Waals surface area contributed by atoms with E-state index in [1.165, 1.54) is 0 Å². The molecule has 3 aromatic heterocycles. The Morgan fingerprint density at radius 1 is 0.338 bits per heavy atom. The van der Waals surface area contributed by atoms with Gasteiger partial charge in [0, 0.05) is 74.6 Å². The van der Waals surface area contributed by atoms with Crippen LogP contribution in [0.2, 0.25) is 0 Å². The van der Waals surface area contributed by atoms with Gasteiger partial charge in [-0.2, -0.15) is 0 Å². The van der Waals surface area contributed by atoms with Crippen molar-refractivity contribution >= 4 is 70.0 Å². The molecule has 7 aromatic rings. The van der Waals surface area contributed by atoms with Crippen molar-refractivity contribution in [2.45, 2.75) is 55.4 Å². The summed E-state index contributed by atoms with van der Waals surface area (Å²) in [6, 6.07) is 38.4. The molecular weight excluding hydrogens is 1010 g/mol. The van der Waals surface area contributed by atoms with E-state index in [0.29, 0.717) is 142 Å². The minimum absolute atomic E-state index is 0. The van der Waals surface area contributed by atoms with Crippen LogP contribution in [0.3, 0.4) is 0 Å². The Labute approximate surface area is 462 Å². The van der Waals surface area contributed by atoms with Crippen molar-refractivity contribution in [1.82, 2.24) is 39.5 Å². The largest absolute Gasteiger partial charge is 2.00 e. The minimum Gasteiger partial charge on any atom is -0.657 e. The van der Waals surface area contributed by atoms with Crippen LogP contribution in [0.5, 0.6) is 0 Å². The molecule has 4 aromatic carbocycles. The van der Waals surface area contributed by atoms with Crippen LogP contribution in [-0.4, -0.2) is 106 Å². The average Bonchev–Trinajstić information content (AvgIpc) is 4.36. The quantitative estimate of drug-likeness (QED) is 0.0873. The molecule has 395 valence electrons. The van der Waals surface area contributed by atoms with E-state index >= 15 is 0 Å². The number of aromatic nitrogens is 4. The molecule has 0 aliphatic carbocycles. The molecular formula is C64H64CuN8O4. The first-order valence-electron chi connectivity index (χ1n) is 26.6. The molecule has 4 amide bonds. The summed E-state index contributed by atoms with van der Waals surface area (Å²) in [5, 5.41) is 0. The second kappa shape index (κ2) is 24.3. The smallest absolute Gasteiger partial charge is 0.657 e. The summed E-state index contributed by atoms with van der Waals surface area (Å²) >= 11 is 0. The van der Waals surface area contributed by atoms with Crippen LogP contribution in [-0.2, 0) is 17.1 Å². The number of carbonyl (C=O) groups is 4. The van der Waals surface area contributed by atoms with E-state index in [2.05, 4.69) is 0 Å². The molecule has 12 nitrogen and oxygen atoms in total. The Bertz CT molecular complexity index is 3150. The number of carbonyl (C=O) groups excluding carboxylic acids is 4.